The van der Waals surface area contributed by atoms with Crippen LogP contribution in [-0.2, 0) is 9.59 Å². The molecular weight excluding hydrogens is 226 g/mol. The number of rotatable bonds is 8. The first-order valence-electron chi connectivity index (χ1n) is 5.56. The van der Waals surface area contributed by atoms with Gasteiger partial charge in [-0.15, -0.1) is 0 Å². The molecule has 0 heterocycles. The summed E-state index contributed by atoms with van der Waals surface area (Å²) >= 11 is 0. The Kier molecular flexibility index (Phi) is 8.44. The van der Waals surface area contributed by atoms with E-state index >= 15 is 0 Å². The molecule has 7 heteroatoms. The van der Waals surface area contributed by atoms with Gasteiger partial charge in [-0.25, -0.2) is 4.79 Å². The van der Waals surface area contributed by atoms with Crippen molar-refractivity contribution < 1.29 is 19.5 Å². The summed E-state index contributed by atoms with van der Waals surface area (Å²) in [7, 11) is 0. The zero-order chi connectivity index (χ0) is 13.1. The molecule has 4 N–H and O–H groups in total. The lowest BCUT2D eigenvalue weighted by atomic mass is 10.2. The molecule has 0 aromatic heterocycles. The lowest BCUT2D eigenvalue weighted by molar-refractivity contribution is -0.137. The van der Waals surface area contributed by atoms with E-state index in [1.54, 1.807) is 6.92 Å². The van der Waals surface area contributed by atoms with Gasteiger partial charge in [0, 0.05) is 19.5 Å². The van der Waals surface area contributed by atoms with Gasteiger partial charge in [-0.05, 0) is 19.8 Å². The third kappa shape index (κ3) is 10.5. The fraction of sp³-hybridized carbons (Fsp3) is 0.700. The summed E-state index contributed by atoms with van der Waals surface area (Å²) in [6.45, 7) is 2.65. The number of unbranched alkanes of at least 4 members (excludes halogenated alkanes) is 1. The number of carboxylic acid groups (broad SMARTS) is 1. The molecule has 17 heavy (non-hydrogen) atoms. The fourth-order valence-electron chi connectivity index (χ4n) is 1.09. The van der Waals surface area contributed by atoms with Gasteiger partial charge in [0.1, 0.15) is 0 Å². The van der Waals surface area contributed by atoms with Crippen LogP contribution in [0.3, 0.4) is 0 Å². The van der Waals surface area contributed by atoms with Crippen molar-refractivity contribution in [1.82, 2.24) is 16.0 Å². The Bertz CT molecular complexity index is 268. The number of carboxylic acids is 1. The Balaban J connectivity index is 3.40. The molecule has 0 saturated heterocycles. The van der Waals surface area contributed by atoms with E-state index < -0.39 is 12.0 Å². The van der Waals surface area contributed by atoms with Crippen LogP contribution in [0.5, 0.6) is 0 Å². The molecule has 0 atom stereocenters. The van der Waals surface area contributed by atoms with E-state index in [2.05, 4.69) is 16.0 Å². The van der Waals surface area contributed by atoms with Crippen molar-refractivity contribution in [3.8, 4) is 0 Å². The minimum atomic E-state index is -0.842. The first kappa shape index (κ1) is 15.2. The number of nitrogens with one attached hydrogen (secondary N) is 3. The molecule has 0 rings (SSSR count). The standard InChI is InChI=1S/C10H19N3O4/c1-2-11-8(14)7-13-10(17)12-6-4-3-5-9(15)16/h2-7H2,1H3,(H,11,14)(H,15,16)(H2,12,13,17). The van der Waals surface area contributed by atoms with Gasteiger partial charge in [-0.1, -0.05) is 0 Å². The van der Waals surface area contributed by atoms with Gasteiger partial charge in [0.25, 0.3) is 0 Å². The second kappa shape index (κ2) is 9.44. The lowest BCUT2D eigenvalue weighted by Gasteiger charge is -2.06. The normalized spacial score (nSPS) is 9.47. The molecule has 0 saturated carbocycles. The summed E-state index contributed by atoms with van der Waals surface area (Å²) in [4.78, 5) is 32.3. The summed E-state index contributed by atoms with van der Waals surface area (Å²) in [5, 5.41) is 15.8. The second-order valence-corrected chi connectivity index (χ2v) is 3.41. The number of hydrogen-bond acceptors (Lipinski definition) is 3. The largest absolute Gasteiger partial charge is 0.481 e. The molecule has 98 valence electrons. The Morgan fingerprint density at radius 3 is 2.35 bits per heavy atom. The van der Waals surface area contributed by atoms with Crippen LogP contribution in [0.15, 0.2) is 0 Å². The quantitative estimate of drug-likeness (QED) is 0.439. The molecule has 0 aromatic carbocycles. The van der Waals surface area contributed by atoms with Crippen molar-refractivity contribution >= 4 is 17.9 Å². The molecular formula is C10H19N3O4. The van der Waals surface area contributed by atoms with Gasteiger partial charge < -0.3 is 21.1 Å². The zero-order valence-corrected chi connectivity index (χ0v) is 9.91. The van der Waals surface area contributed by atoms with Crippen LogP contribution in [0.4, 0.5) is 4.79 Å². The number of likely N-dealkylation sites (N-methyl/N-ethyl adjacent to an activating group) is 1. The van der Waals surface area contributed by atoms with Crippen LogP contribution in [0.1, 0.15) is 26.2 Å². The second-order valence-electron chi connectivity index (χ2n) is 3.41. The van der Waals surface area contributed by atoms with Crippen LogP contribution in [-0.4, -0.2) is 42.6 Å². The molecule has 0 bridgehead atoms. The number of urea groups is 1. The molecule has 0 fully saturated rings. The highest BCUT2D eigenvalue weighted by Crippen LogP contribution is 1.92. The Morgan fingerprint density at radius 2 is 1.76 bits per heavy atom. The maximum atomic E-state index is 11.1. The van der Waals surface area contributed by atoms with Crippen molar-refractivity contribution in [2.24, 2.45) is 0 Å². The van der Waals surface area contributed by atoms with Gasteiger partial charge in [-0.2, -0.15) is 0 Å². The van der Waals surface area contributed by atoms with E-state index in [4.69, 9.17) is 5.11 Å². The summed E-state index contributed by atoms with van der Waals surface area (Å²) in [6, 6.07) is -0.424. The smallest absolute Gasteiger partial charge is 0.315 e. The average Bonchev–Trinajstić information content (AvgIpc) is 2.26. The van der Waals surface area contributed by atoms with Crippen molar-refractivity contribution in [3.63, 3.8) is 0 Å². The minimum Gasteiger partial charge on any atom is -0.481 e. The Hall–Kier alpha value is -1.79. The van der Waals surface area contributed by atoms with Crippen LogP contribution < -0.4 is 16.0 Å². The van der Waals surface area contributed by atoms with E-state index in [1.807, 2.05) is 0 Å². The third-order valence-corrected chi connectivity index (χ3v) is 1.89. The number of carbonyl (C=O) groups is 3. The summed E-state index contributed by atoms with van der Waals surface area (Å²) in [6.07, 6.45) is 1.22. The molecule has 0 aliphatic heterocycles. The Morgan fingerprint density at radius 1 is 1.06 bits per heavy atom. The highest BCUT2D eigenvalue weighted by molar-refractivity contribution is 5.83. The van der Waals surface area contributed by atoms with E-state index in [0.29, 0.717) is 25.9 Å². The zero-order valence-electron chi connectivity index (χ0n) is 9.91. The first-order valence-corrected chi connectivity index (χ1v) is 5.56. The molecule has 0 aliphatic rings. The van der Waals surface area contributed by atoms with Gasteiger partial charge in [-0.3, -0.25) is 9.59 Å². The lowest BCUT2D eigenvalue weighted by Crippen LogP contribution is -2.42. The highest BCUT2D eigenvalue weighted by atomic mass is 16.4. The molecule has 0 aliphatic carbocycles. The Labute approximate surface area is 100.0 Å². The summed E-state index contributed by atoms with van der Waals surface area (Å²) in [5.41, 5.74) is 0. The number of hydrogen-bond donors (Lipinski definition) is 4. The highest BCUT2D eigenvalue weighted by Gasteiger charge is 2.03. The number of aliphatic carboxylic acids is 1. The van der Waals surface area contributed by atoms with Gasteiger partial charge >= 0.3 is 12.0 Å². The molecule has 0 unspecified atom stereocenters. The minimum absolute atomic E-state index is 0.0607. The maximum Gasteiger partial charge on any atom is 0.315 e. The third-order valence-electron chi connectivity index (χ3n) is 1.89. The van der Waals surface area contributed by atoms with E-state index in [-0.39, 0.29) is 18.9 Å². The first-order chi connectivity index (χ1) is 8.06. The van der Waals surface area contributed by atoms with Gasteiger partial charge in [0.2, 0.25) is 5.91 Å². The van der Waals surface area contributed by atoms with E-state index in [1.165, 1.54) is 0 Å². The van der Waals surface area contributed by atoms with Crippen LogP contribution in [0.25, 0.3) is 0 Å². The molecule has 7 nitrogen and oxygen atoms in total. The number of amides is 3. The SMILES string of the molecule is CCNC(=O)CNC(=O)NCCCCC(=O)O. The molecule has 0 aromatic rings. The van der Waals surface area contributed by atoms with E-state index in [9.17, 15) is 14.4 Å². The molecule has 3 amide bonds. The fourth-order valence-corrected chi connectivity index (χ4v) is 1.09. The van der Waals surface area contributed by atoms with Gasteiger partial charge in [0.05, 0.1) is 6.54 Å². The van der Waals surface area contributed by atoms with Crippen molar-refractivity contribution in [1.29, 1.82) is 0 Å². The van der Waals surface area contributed by atoms with Crippen LogP contribution in [0, 0.1) is 0 Å². The summed E-state index contributed by atoms with van der Waals surface area (Å²) < 4.78 is 0. The van der Waals surface area contributed by atoms with Crippen molar-refractivity contribution in [2.45, 2.75) is 26.2 Å². The predicted molar refractivity (Wildman–Crippen MR) is 61.6 cm³/mol. The predicted octanol–water partition coefficient (Wildman–Crippen LogP) is -0.323. The number of carbonyl (C=O) groups excluding carboxylic acids is 2. The molecule has 0 radical (unpaired) electrons. The van der Waals surface area contributed by atoms with Crippen molar-refractivity contribution in [2.75, 3.05) is 19.6 Å². The van der Waals surface area contributed by atoms with Crippen LogP contribution in [0.2, 0.25) is 0 Å². The average molecular weight is 245 g/mol. The maximum absolute atomic E-state index is 11.1. The molecule has 0 spiro atoms. The topological polar surface area (TPSA) is 108 Å². The van der Waals surface area contributed by atoms with Crippen LogP contribution >= 0.6 is 0 Å². The van der Waals surface area contributed by atoms with Gasteiger partial charge in [0.15, 0.2) is 0 Å². The van der Waals surface area contributed by atoms with E-state index in [0.717, 1.165) is 0 Å². The monoisotopic (exact) mass is 245 g/mol. The summed E-state index contributed by atoms with van der Waals surface area (Å²) in [5.74, 6) is -1.08. The van der Waals surface area contributed by atoms with Crippen molar-refractivity contribution in [3.05, 3.63) is 0 Å².